The van der Waals surface area contributed by atoms with E-state index in [1.807, 2.05) is 6.07 Å². The number of nitrogens with zero attached hydrogens (tertiary/aromatic N) is 1. The summed E-state index contributed by atoms with van der Waals surface area (Å²) < 4.78 is 4.23. The molecule has 1 aromatic heterocycles. The molecule has 0 spiro atoms. The van der Waals surface area contributed by atoms with Crippen LogP contribution < -0.4 is 0 Å². The zero-order valence-electron chi connectivity index (χ0n) is 9.74. The molecule has 0 amide bonds. The van der Waals surface area contributed by atoms with Crippen molar-refractivity contribution in [3.05, 3.63) is 27.4 Å². The second-order valence-electron chi connectivity index (χ2n) is 4.89. The quantitative estimate of drug-likeness (QED) is 0.788. The molecule has 0 bridgehead atoms. The van der Waals surface area contributed by atoms with Crippen LogP contribution in [0.4, 0.5) is 0 Å². The summed E-state index contributed by atoms with van der Waals surface area (Å²) in [6, 6.07) is 6.78. The van der Waals surface area contributed by atoms with Crippen molar-refractivity contribution in [2.45, 2.75) is 32.2 Å². The van der Waals surface area contributed by atoms with Gasteiger partial charge in [0.25, 0.3) is 0 Å². The van der Waals surface area contributed by atoms with Gasteiger partial charge in [0, 0.05) is 10.5 Å². The minimum Gasteiger partial charge on any atom is -0.331 e. The Morgan fingerprint density at radius 2 is 2.24 bits per heavy atom. The molecular formula is C13H15BrN2S. The standard InChI is InChI=1S/C13H15BrN2S/c1-8(9-3-2-4-9)16-12-7-10(14)5-6-11(12)15-13(16)17/h5-9H,2-4H2,1H3,(H,15,17). The van der Waals surface area contributed by atoms with Gasteiger partial charge < -0.3 is 9.55 Å². The third-order valence-electron chi connectivity index (χ3n) is 3.92. The molecule has 0 saturated heterocycles. The van der Waals surface area contributed by atoms with Crippen molar-refractivity contribution < 1.29 is 0 Å². The van der Waals surface area contributed by atoms with Crippen LogP contribution in [0, 0.1) is 10.7 Å². The van der Waals surface area contributed by atoms with Crippen LogP contribution in [0.3, 0.4) is 0 Å². The molecule has 1 aromatic carbocycles. The molecular weight excluding hydrogens is 296 g/mol. The van der Waals surface area contributed by atoms with Gasteiger partial charge in [-0.1, -0.05) is 22.4 Å². The minimum atomic E-state index is 0.499. The maximum Gasteiger partial charge on any atom is 0.178 e. The topological polar surface area (TPSA) is 20.7 Å². The number of benzene rings is 1. The van der Waals surface area contributed by atoms with E-state index < -0.39 is 0 Å². The van der Waals surface area contributed by atoms with Crippen LogP contribution in [0.25, 0.3) is 11.0 Å². The molecule has 1 atom stereocenters. The lowest BCUT2D eigenvalue weighted by atomic mass is 9.80. The van der Waals surface area contributed by atoms with E-state index in [1.54, 1.807) is 0 Å². The van der Waals surface area contributed by atoms with Gasteiger partial charge in [-0.25, -0.2) is 0 Å². The Balaban J connectivity index is 2.16. The van der Waals surface area contributed by atoms with E-state index in [0.29, 0.717) is 6.04 Å². The highest BCUT2D eigenvalue weighted by Crippen LogP contribution is 2.37. The van der Waals surface area contributed by atoms with Gasteiger partial charge in [-0.05, 0) is 56.1 Å². The number of hydrogen-bond acceptors (Lipinski definition) is 1. The Kier molecular flexibility index (Phi) is 2.87. The lowest BCUT2D eigenvalue weighted by Crippen LogP contribution is -2.22. The number of hydrogen-bond donors (Lipinski definition) is 1. The summed E-state index contributed by atoms with van der Waals surface area (Å²) in [7, 11) is 0. The van der Waals surface area contributed by atoms with Gasteiger partial charge in [-0.15, -0.1) is 0 Å². The van der Waals surface area contributed by atoms with E-state index >= 15 is 0 Å². The molecule has 90 valence electrons. The minimum absolute atomic E-state index is 0.499. The van der Waals surface area contributed by atoms with Crippen LogP contribution in [0.1, 0.15) is 32.2 Å². The average molecular weight is 311 g/mol. The SMILES string of the molecule is CC(C1CCC1)n1c(=S)[nH]c2ccc(Br)cc21. The number of halogens is 1. The molecule has 1 fully saturated rings. The van der Waals surface area contributed by atoms with Gasteiger partial charge in [0.15, 0.2) is 4.77 Å². The van der Waals surface area contributed by atoms with E-state index in [9.17, 15) is 0 Å². The molecule has 1 aliphatic rings. The van der Waals surface area contributed by atoms with Crippen LogP contribution in [0.2, 0.25) is 0 Å². The molecule has 0 radical (unpaired) electrons. The molecule has 0 aliphatic heterocycles. The predicted octanol–water partition coefficient (Wildman–Crippen LogP) is 4.82. The lowest BCUT2D eigenvalue weighted by molar-refractivity contribution is 0.224. The van der Waals surface area contributed by atoms with Gasteiger partial charge in [0.1, 0.15) is 0 Å². The summed E-state index contributed by atoms with van der Waals surface area (Å²) in [6.45, 7) is 2.29. The Hall–Kier alpha value is -0.610. The second kappa shape index (κ2) is 4.25. The zero-order chi connectivity index (χ0) is 12.0. The van der Waals surface area contributed by atoms with E-state index in [0.717, 1.165) is 20.7 Å². The third kappa shape index (κ3) is 1.87. The first-order valence-corrected chi connectivity index (χ1v) is 7.26. The number of imidazole rings is 1. The Morgan fingerprint density at radius 1 is 1.47 bits per heavy atom. The van der Waals surface area contributed by atoms with E-state index in [4.69, 9.17) is 12.2 Å². The summed E-state index contributed by atoms with van der Waals surface area (Å²) in [4.78, 5) is 3.30. The van der Waals surface area contributed by atoms with Gasteiger partial charge in [0.2, 0.25) is 0 Å². The first-order valence-electron chi connectivity index (χ1n) is 6.06. The molecule has 2 aromatic rings. The Morgan fingerprint density at radius 3 is 2.88 bits per heavy atom. The fourth-order valence-electron chi connectivity index (χ4n) is 2.63. The maximum absolute atomic E-state index is 5.46. The van der Waals surface area contributed by atoms with Crippen molar-refractivity contribution in [3.63, 3.8) is 0 Å². The summed E-state index contributed by atoms with van der Waals surface area (Å²) >= 11 is 8.99. The average Bonchev–Trinajstić information content (AvgIpc) is 2.50. The largest absolute Gasteiger partial charge is 0.331 e. The number of aromatic nitrogens is 2. The highest BCUT2D eigenvalue weighted by Gasteiger charge is 2.26. The van der Waals surface area contributed by atoms with E-state index in [-0.39, 0.29) is 0 Å². The Labute approximate surface area is 114 Å². The van der Waals surface area contributed by atoms with Gasteiger partial charge >= 0.3 is 0 Å². The van der Waals surface area contributed by atoms with Gasteiger partial charge in [-0.3, -0.25) is 0 Å². The van der Waals surface area contributed by atoms with Crippen LogP contribution in [0.5, 0.6) is 0 Å². The highest BCUT2D eigenvalue weighted by atomic mass is 79.9. The molecule has 1 heterocycles. The van der Waals surface area contributed by atoms with Crippen LogP contribution in [0.15, 0.2) is 22.7 Å². The predicted molar refractivity (Wildman–Crippen MR) is 76.9 cm³/mol. The molecule has 2 nitrogen and oxygen atoms in total. The van der Waals surface area contributed by atoms with Crippen molar-refractivity contribution in [2.24, 2.45) is 5.92 Å². The lowest BCUT2D eigenvalue weighted by Gasteiger charge is -2.32. The monoisotopic (exact) mass is 310 g/mol. The van der Waals surface area contributed by atoms with Crippen LogP contribution >= 0.6 is 28.1 Å². The van der Waals surface area contributed by atoms with E-state index in [2.05, 4.69) is 44.5 Å². The highest BCUT2D eigenvalue weighted by molar-refractivity contribution is 9.10. The number of nitrogens with one attached hydrogen (secondary N) is 1. The van der Waals surface area contributed by atoms with Crippen molar-refractivity contribution in [2.75, 3.05) is 0 Å². The van der Waals surface area contributed by atoms with Crippen LogP contribution in [-0.2, 0) is 0 Å². The molecule has 1 aliphatic carbocycles. The summed E-state index contributed by atoms with van der Waals surface area (Å²) in [6.07, 6.45) is 4.04. The Bertz CT molecular complexity index is 609. The van der Waals surface area contributed by atoms with E-state index in [1.165, 1.54) is 24.8 Å². The number of H-pyrrole nitrogens is 1. The molecule has 1 N–H and O–H groups in total. The fourth-order valence-corrected chi connectivity index (χ4v) is 3.36. The van der Waals surface area contributed by atoms with Gasteiger partial charge in [-0.2, -0.15) is 0 Å². The maximum atomic E-state index is 5.46. The zero-order valence-corrected chi connectivity index (χ0v) is 12.1. The third-order valence-corrected chi connectivity index (χ3v) is 4.71. The fraction of sp³-hybridized carbons (Fsp3) is 0.462. The molecule has 1 unspecified atom stereocenters. The van der Waals surface area contributed by atoms with Crippen molar-refractivity contribution in [3.8, 4) is 0 Å². The second-order valence-corrected chi connectivity index (χ2v) is 6.20. The summed E-state index contributed by atoms with van der Waals surface area (Å²) in [5.41, 5.74) is 2.34. The smallest absolute Gasteiger partial charge is 0.178 e. The number of fused-ring (bicyclic) bond motifs is 1. The first kappa shape index (κ1) is 11.5. The summed E-state index contributed by atoms with van der Waals surface area (Å²) in [5, 5.41) is 0. The van der Waals surface area contributed by atoms with Gasteiger partial charge in [0.05, 0.1) is 11.0 Å². The van der Waals surface area contributed by atoms with Crippen molar-refractivity contribution >= 4 is 39.2 Å². The molecule has 17 heavy (non-hydrogen) atoms. The normalized spacial score (nSPS) is 18.2. The first-order chi connectivity index (χ1) is 8.16. The van der Waals surface area contributed by atoms with Crippen LogP contribution in [-0.4, -0.2) is 9.55 Å². The number of aromatic amines is 1. The van der Waals surface area contributed by atoms with Crippen molar-refractivity contribution in [1.82, 2.24) is 9.55 Å². The number of rotatable bonds is 2. The van der Waals surface area contributed by atoms with Crippen molar-refractivity contribution in [1.29, 1.82) is 0 Å². The molecule has 4 heteroatoms. The summed E-state index contributed by atoms with van der Waals surface area (Å²) in [5.74, 6) is 0.791. The molecule has 3 rings (SSSR count). The molecule has 1 saturated carbocycles.